The van der Waals surface area contributed by atoms with Crippen molar-refractivity contribution < 1.29 is 28.6 Å². The Labute approximate surface area is 479 Å². The summed E-state index contributed by atoms with van der Waals surface area (Å²) in [6.45, 7) is 6.59. The normalized spacial score (nSPS) is 12.3. The molecule has 0 fully saturated rings. The zero-order valence-corrected chi connectivity index (χ0v) is 51.7. The molecule has 0 aromatic carbocycles. The van der Waals surface area contributed by atoms with Crippen LogP contribution in [0.25, 0.3) is 0 Å². The number of unbranched alkanes of at least 4 members (excludes halogenated alkanes) is 44. The highest BCUT2D eigenvalue weighted by atomic mass is 16.6. The van der Waals surface area contributed by atoms with E-state index in [1.165, 1.54) is 231 Å². The molecule has 0 saturated carbocycles. The average Bonchev–Trinajstić information content (AvgIpc) is 3.43. The molecule has 0 aromatic rings. The molecule has 6 heteroatoms. The lowest BCUT2D eigenvalue weighted by Crippen LogP contribution is -2.30. The van der Waals surface area contributed by atoms with Gasteiger partial charge in [0, 0.05) is 19.3 Å². The standard InChI is InChI=1S/C71H130O6/c1-4-7-10-13-16-19-22-24-26-28-30-31-32-33-34-35-36-37-38-39-40-42-43-45-47-49-52-55-58-61-64-70(73)76-67-68(66-75-69(72)63-60-57-54-51-21-18-15-12-9-6-3)77-71(74)65-62-59-56-53-50-48-46-44-41-29-27-25-23-20-17-14-11-8-5-2/h12,15,17,20,25,27,41,44,68H,4-11,13-14,16,18-19,21-24,26,28-40,42-43,45-67H2,1-3H3/b15-12-,20-17-,27-25-,44-41-. The van der Waals surface area contributed by atoms with E-state index in [-0.39, 0.29) is 31.1 Å². The second-order valence-corrected chi connectivity index (χ2v) is 23.1. The van der Waals surface area contributed by atoms with Gasteiger partial charge in [-0.1, -0.05) is 320 Å². The Morgan fingerprint density at radius 2 is 0.494 bits per heavy atom. The molecule has 0 saturated heterocycles. The van der Waals surface area contributed by atoms with Crippen LogP contribution in [0.4, 0.5) is 0 Å². The smallest absolute Gasteiger partial charge is 0.306 e. The summed E-state index contributed by atoms with van der Waals surface area (Å²) in [6, 6.07) is 0. The van der Waals surface area contributed by atoms with Gasteiger partial charge in [0.1, 0.15) is 13.2 Å². The lowest BCUT2D eigenvalue weighted by atomic mass is 10.0. The van der Waals surface area contributed by atoms with E-state index in [0.717, 1.165) is 96.3 Å². The van der Waals surface area contributed by atoms with E-state index < -0.39 is 6.10 Å². The van der Waals surface area contributed by atoms with Gasteiger partial charge in [-0.3, -0.25) is 14.4 Å². The van der Waals surface area contributed by atoms with Crippen molar-refractivity contribution in [3.05, 3.63) is 48.6 Å². The Morgan fingerprint density at radius 3 is 0.818 bits per heavy atom. The van der Waals surface area contributed by atoms with E-state index in [1.54, 1.807) is 0 Å². The zero-order valence-electron chi connectivity index (χ0n) is 51.7. The summed E-state index contributed by atoms with van der Waals surface area (Å²) in [5, 5.41) is 0. The maximum absolute atomic E-state index is 12.9. The second kappa shape index (κ2) is 65.9. The van der Waals surface area contributed by atoms with Crippen molar-refractivity contribution in [3.63, 3.8) is 0 Å². The van der Waals surface area contributed by atoms with Gasteiger partial charge < -0.3 is 14.2 Å². The highest BCUT2D eigenvalue weighted by Crippen LogP contribution is 2.18. The molecule has 1 atom stereocenters. The molecule has 6 nitrogen and oxygen atoms in total. The van der Waals surface area contributed by atoms with E-state index in [2.05, 4.69) is 69.4 Å². The first-order valence-corrected chi connectivity index (χ1v) is 34.1. The minimum absolute atomic E-state index is 0.0780. The van der Waals surface area contributed by atoms with Crippen LogP contribution in [0.1, 0.15) is 367 Å². The first-order valence-electron chi connectivity index (χ1n) is 34.1. The maximum atomic E-state index is 12.9. The Kier molecular flexibility index (Phi) is 63.6. The van der Waals surface area contributed by atoms with Gasteiger partial charge >= 0.3 is 17.9 Å². The third-order valence-corrected chi connectivity index (χ3v) is 15.3. The Balaban J connectivity index is 4.12. The third-order valence-electron chi connectivity index (χ3n) is 15.3. The molecule has 0 spiro atoms. The van der Waals surface area contributed by atoms with Crippen molar-refractivity contribution >= 4 is 17.9 Å². The number of carbonyl (C=O) groups excluding carboxylic acids is 3. The van der Waals surface area contributed by atoms with Crippen molar-refractivity contribution in [1.82, 2.24) is 0 Å². The first kappa shape index (κ1) is 74.4. The van der Waals surface area contributed by atoms with Gasteiger partial charge in [0.25, 0.3) is 0 Å². The summed E-state index contributed by atoms with van der Waals surface area (Å²) < 4.78 is 16.9. The number of carbonyl (C=O) groups is 3. The molecule has 1 unspecified atom stereocenters. The van der Waals surface area contributed by atoms with Crippen LogP contribution in [0, 0.1) is 0 Å². The molecule has 0 aromatic heterocycles. The number of hydrogen-bond donors (Lipinski definition) is 0. The number of allylic oxidation sites excluding steroid dienone is 8. The molecular weight excluding hydrogens is 949 g/mol. The van der Waals surface area contributed by atoms with Crippen molar-refractivity contribution in [2.45, 2.75) is 374 Å². The predicted octanol–water partition coefficient (Wildman–Crippen LogP) is 23.3. The maximum Gasteiger partial charge on any atom is 0.306 e. The molecule has 0 aliphatic heterocycles. The van der Waals surface area contributed by atoms with Crippen molar-refractivity contribution in [2.75, 3.05) is 13.2 Å². The van der Waals surface area contributed by atoms with E-state index >= 15 is 0 Å². The summed E-state index contributed by atoms with van der Waals surface area (Å²) >= 11 is 0. The summed E-state index contributed by atoms with van der Waals surface area (Å²) in [5.41, 5.74) is 0. The van der Waals surface area contributed by atoms with Crippen molar-refractivity contribution in [1.29, 1.82) is 0 Å². The minimum Gasteiger partial charge on any atom is -0.462 e. The van der Waals surface area contributed by atoms with Crippen LogP contribution in [-0.4, -0.2) is 37.2 Å². The summed E-state index contributed by atoms with van der Waals surface area (Å²) in [5.74, 6) is -0.882. The van der Waals surface area contributed by atoms with Crippen LogP contribution >= 0.6 is 0 Å². The molecule has 0 heterocycles. The SMILES string of the molecule is CCC/C=C\CCCCCCCC(=O)OCC(COC(=O)CCCCCCCCCCCCCCCCCCCCCCCCCCCCCCCC)OC(=O)CCCCCCCC/C=C\C/C=C\C/C=C\CCCCC. The van der Waals surface area contributed by atoms with Gasteiger partial charge in [-0.15, -0.1) is 0 Å². The van der Waals surface area contributed by atoms with Gasteiger partial charge in [0.15, 0.2) is 6.10 Å². The lowest BCUT2D eigenvalue weighted by Gasteiger charge is -2.18. The quantitative estimate of drug-likeness (QED) is 0.0261. The van der Waals surface area contributed by atoms with E-state index in [4.69, 9.17) is 14.2 Å². The number of rotatable bonds is 63. The highest BCUT2D eigenvalue weighted by Gasteiger charge is 2.19. The number of hydrogen-bond acceptors (Lipinski definition) is 6. The van der Waals surface area contributed by atoms with E-state index in [1.807, 2.05) is 0 Å². The lowest BCUT2D eigenvalue weighted by molar-refractivity contribution is -0.167. The van der Waals surface area contributed by atoms with Gasteiger partial charge in [-0.25, -0.2) is 0 Å². The highest BCUT2D eigenvalue weighted by molar-refractivity contribution is 5.71. The fourth-order valence-corrected chi connectivity index (χ4v) is 10.2. The number of esters is 3. The van der Waals surface area contributed by atoms with Gasteiger partial charge in [-0.05, 0) is 77.0 Å². The minimum atomic E-state index is -0.782. The summed E-state index contributed by atoms with van der Waals surface area (Å²) in [4.78, 5) is 38.2. The molecule has 0 N–H and O–H groups in total. The third kappa shape index (κ3) is 64.1. The molecule has 77 heavy (non-hydrogen) atoms. The molecule has 0 radical (unpaired) electrons. The zero-order chi connectivity index (χ0) is 55.7. The fraction of sp³-hybridized carbons (Fsp3) is 0.845. The van der Waals surface area contributed by atoms with E-state index in [0.29, 0.717) is 19.3 Å². The number of ether oxygens (including phenoxy) is 3. The van der Waals surface area contributed by atoms with Crippen LogP contribution in [0.15, 0.2) is 48.6 Å². The molecule has 0 rings (SSSR count). The molecule has 0 amide bonds. The topological polar surface area (TPSA) is 78.9 Å². The fourth-order valence-electron chi connectivity index (χ4n) is 10.2. The molecule has 0 aliphatic rings. The molecule has 0 aliphatic carbocycles. The van der Waals surface area contributed by atoms with Crippen LogP contribution in [-0.2, 0) is 28.6 Å². The van der Waals surface area contributed by atoms with Gasteiger partial charge in [-0.2, -0.15) is 0 Å². The van der Waals surface area contributed by atoms with Crippen LogP contribution < -0.4 is 0 Å². The summed E-state index contributed by atoms with van der Waals surface area (Å²) in [7, 11) is 0. The van der Waals surface area contributed by atoms with Crippen LogP contribution in [0.2, 0.25) is 0 Å². The average molecular weight is 1080 g/mol. The van der Waals surface area contributed by atoms with Gasteiger partial charge in [0.2, 0.25) is 0 Å². The predicted molar refractivity (Wildman–Crippen MR) is 335 cm³/mol. The molecule has 450 valence electrons. The van der Waals surface area contributed by atoms with Gasteiger partial charge in [0.05, 0.1) is 0 Å². The first-order chi connectivity index (χ1) is 38.0. The van der Waals surface area contributed by atoms with Crippen molar-refractivity contribution in [2.24, 2.45) is 0 Å². The Morgan fingerprint density at radius 1 is 0.260 bits per heavy atom. The molecule has 0 bridgehead atoms. The van der Waals surface area contributed by atoms with Crippen LogP contribution in [0.5, 0.6) is 0 Å². The Bertz CT molecular complexity index is 1330. The monoisotopic (exact) mass is 1080 g/mol. The van der Waals surface area contributed by atoms with Crippen LogP contribution in [0.3, 0.4) is 0 Å². The summed E-state index contributed by atoms with van der Waals surface area (Å²) in [6.07, 6.45) is 83.0. The Hall–Kier alpha value is -2.63. The van der Waals surface area contributed by atoms with Crippen molar-refractivity contribution in [3.8, 4) is 0 Å². The molecular formula is C71H130O6. The van der Waals surface area contributed by atoms with E-state index in [9.17, 15) is 14.4 Å². The largest absolute Gasteiger partial charge is 0.462 e. The second-order valence-electron chi connectivity index (χ2n) is 23.1.